The molecule has 6 heteroatoms. The van der Waals surface area contributed by atoms with E-state index in [0.717, 1.165) is 54.7 Å². The third-order valence-electron chi connectivity index (χ3n) is 9.33. The topological polar surface area (TPSA) is 35.1 Å². The predicted octanol–water partition coefficient (Wildman–Crippen LogP) is 11.2. The number of fused-ring (bicyclic) bond motifs is 12. The molecule has 0 aliphatic rings. The van der Waals surface area contributed by atoms with Crippen LogP contribution < -0.4 is 0 Å². The standard InChI is InChI=1S/C38H30F2N2O2/c1-37(2,3)19-13-15-25-21(17-19)29-31-36(44-33-23(39)9-7-11-27(33)41(25)31)30-22-18-20(38(4,5)6)14-16-26(22)42-28-12-8-10-24(40)34(28)43-35(29)32(30)42/h7-18H,1-6H3. The van der Waals surface area contributed by atoms with Crippen LogP contribution in [0, 0.1) is 11.6 Å². The highest BCUT2D eigenvalue weighted by Gasteiger charge is 2.30. The van der Waals surface area contributed by atoms with E-state index >= 15 is 8.78 Å². The van der Waals surface area contributed by atoms with E-state index in [1.165, 1.54) is 12.1 Å². The first-order valence-electron chi connectivity index (χ1n) is 15.0. The average Bonchev–Trinajstić information content (AvgIpc) is 3.50. The molecule has 0 radical (unpaired) electrons. The molecule has 0 aliphatic carbocycles. The minimum absolute atomic E-state index is 0.120. The summed E-state index contributed by atoms with van der Waals surface area (Å²) in [4.78, 5) is 0. The molecule has 0 amide bonds. The van der Waals surface area contributed by atoms with Crippen LogP contribution in [-0.4, -0.2) is 8.80 Å². The molecule has 0 bridgehead atoms. The zero-order valence-corrected chi connectivity index (χ0v) is 25.4. The van der Waals surface area contributed by atoms with Crippen molar-refractivity contribution in [3.05, 3.63) is 95.6 Å². The van der Waals surface area contributed by atoms with Crippen LogP contribution in [0.15, 0.2) is 81.6 Å². The smallest absolute Gasteiger partial charge is 0.187 e. The summed E-state index contributed by atoms with van der Waals surface area (Å²) < 4.78 is 48.7. The second kappa shape index (κ2) is 8.00. The first-order chi connectivity index (χ1) is 20.9. The maximum absolute atomic E-state index is 15.6. The Balaban J connectivity index is 1.70. The van der Waals surface area contributed by atoms with Crippen LogP contribution in [0.25, 0.3) is 77.0 Å². The summed E-state index contributed by atoms with van der Waals surface area (Å²) >= 11 is 0. The highest BCUT2D eigenvalue weighted by Crippen LogP contribution is 2.48. The molecule has 9 rings (SSSR count). The Morgan fingerprint density at radius 2 is 0.909 bits per heavy atom. The Labute approximate surface area is 251 Å². The molecule has 0 spiro atoms. The molecule has 4 aromatic heterocycles. The lowest BCUT2D eigenvalue weighted by atomic mass is 9.86. The van der Waals surface area contributed by atoms with E-state index in [9.17, 15) is 0 Å². The number of hydrogen-bond donors (Lipinski definition) is 0. The van der Waals surface area contributed by atoms with Gasteiger partial charge in [-0.05, 0) is 70.5 Å². The predicted molar refractivity (Wildman–Crippen MR) is 175 cm³/mol. The molecule has 0 atom stereocenters. The quantitative estimate of drug-likeness (QED) is 0.166. The van der Waals surface area contributed by atoms with Crippen LogP contribution in [0.3, 0.4) is 0 Å². The Hall–Kier alpha value is -4.84. The van der Waals surface area contributed by atoms with Gasteiger partial charge in [-0.1, -0.05) is 65.8 Å². The third kappa shape index (κ3) is 3.10. The Bertz CT molecular complexity index is 2510. The van der Waals surface area contributed by atoms with Gasteiger partial charge in [-0.3, -0.25) is 0 Å². The highest BCUT2D eigenvalue weighted by molar-refractivity contribution is 6.34. The van der Waals surface area contributed by atoms with Gasteiger partial charge < -0.3 is 17.6 Å². The zero-order chi connectivity index (χ0) is 30.4. The van der Waals surface area contributed by atoms with E-state index in [4.69, 9.17) is 8.83 Å². The first kappa shape index (κ1) is 25.6. The molecular weight excluding hydrogens is 554 g/mol. The third-order valence-corrected chi connectivity index (χ3v) is 9.33. The molecule has 0 fully saturated rings. The van der Waals surface area contributed by atoms with Crippen LogP contribution in [0.1, 0.15) is 52.7 Å². The van der Waals surface area contributed by atoms with E-state index in [2.05, 4.69) is 86.7 Å². The van der Waals surface area contributed by atoms with Crippen molar-refractivity contribution in [2.45, 2.75) is 52.4 Å². The molecule has 0 aliphatic heterocycles. The summed E-state index contributed by atoms with van der Waals surface area (Å²) in [6.45, 7) is 13.1. The van der Waals surface area contributed by atoms with Crippen molar-refractivity contribution in [3.8, 4) is 0 Å². The minimum atomic E-state index is -0.429. The molecular formula is C38H30F2N2O2. The molecule has 0 saturated carbocycles. The molecule has 0 unspecified atom stereocenters. The van der Waals surface area contributed by atoms with Gasteiger partial charge in [0, 0.05) is 10.8 Å². The van der Waals surface area contributed by atoms with E-state index in [0.29, 0.717) is 22.2 Å². The monoisotopic (exact) mass is 584 g/mol. The lowest BCUT2D eigenvalue weighted by Crippen LogP contribution is -2.10. The van der Waals surface area contributed by atoms with Crippen molar-refractivity contribution in [2.24, 2.45) is 0 Å². The van der Waals surface area contributed by atoms with Crippen LogP contribution >= 0.6 is 0 Å². The fourth-order valence-corrected chi connectivity index (χ4v) is 7.09. The summed E-state index contributed by atoms with van der Waals surface area (Å²) in [7, 11) is 0. The Morgan fingerprint density at radius 3 is 1.30 bits per heavy atom. The fourth-order valence-electron chi connectivity index (χ4n) is 7.09. The van der Waals surface area contributed by atoms with Crippen molar-refractivity contribution in [2.75, 3.05) is 0 Å². The van der Waals surface area contributed by atoms with Gasteiger partial charge in [-0.2, -0.15) is 0 Å². The molecule has 0 N–H and O–H groups in total. The maximum atomic E-state index is 15.6. The van der Waals surface area contributed by atoms with E-state index in [1.54, 1.807) is 12.1 Å². The van der Waals surface area contributed by atoms with Gasteiger partial charge in [0.15, 0.2) is 34.0 Å². The number of hydrogen-bond acceptors (Lipinski definition) is 2. The van der Waals surface area contributed by atoms with Crippen molar-refractivity contribution >= 4 is 77.0 Å². The summed E-state index contributed by atoms with van der Waals surface area (Å²) in [5, 5.41) is 3.52. The van der Waals surface area contributed by atoms with Crippen molar-refractivity contribution in [3.63, 3.8) is 0 Å². The SMILES string of the molecule is CC(C)(C)c1ccc2c(c1)c1c3oc4c(F)cccc4n4c5ccc(C(C)(C)C)cc5c(c5oc6c(F)cccc6n2c51)c34. The van der Waals surface area contributed by atoms with Crippen molar-refractivity contribution in [1.82, 2.24) is 8.80 Å². The number of halogens is 2. The number of aromatic nitrogens is 2. The van der Waals surface area contributed by atoms with Gasteiger partial charge in [0.2, 0.25) is 0 Å². The second-order valence-corrected chi connectivity index (χ2v) is 14.1. The van der Waals surface area contributed by atoms with Gasteiger partial charge in [0.25, 0.3) is 0 Å². The Kier molecular flexibility index (Phi) is 4.66. The normalized spacial score (nSPS) is 13.5. The lowest BCUT2D eigenvalue weighted by Gasteiger charge is -2.19. The van der Waals surface area contributed by atoms with Gasteiger partial charge in [0.1, 0.15) is 11.0 Å². The summed E-state index contributed by atoms with van der Waals surface area (Å²) in [5.41, 5.74) is 8.19. The van der Waals surface area contributed by atoms with Crippen LogP contribution in [-0.2, 0) is 10.8 Å². The van der Waals surface area contributed by atoms with E-state index in [1.807, 2.05) is 12.1 Å². The zero-order valence-electron chi connectivity index (χ0n) is 25.4. The molecule has 44 heavy (non-hydrogen) atoms. The molecule has 9 aromatic rings. The average molecular weight is 585 g/mol. The summed E-state index contributed by atoms with van der Waals surface area (Å²) in [6, 6.07) is 22.9. The van der Waals surface area contributed by atoms with Crippen LogP contribution in [0.2, 0.25) is 0 Å². The van der Waals surface area contributed by atoms with Gasteiger partial charge >= 0.3 is 0 Å². The highest BCUT2D eigenvalue weighted by atomic mass is 19.1. The molecule has 218 valence electrons. The molecule has 0 saturated heterocycles. The number of rotatable bonds is 0. The molecule has 5 aromatic carbocycles. The van der Waals surface area contributed by atoms with Gasteiger partial charge in [-0.15, -0.1) is 0 Å². The lowest BCUT2D eigenvalue weighted by molar-refractivity contribution is 0.576. The molecule has 4 nitrogen and oxygen atoms in total. The largest absolute Gasteiger partial charge is 0.449 e. The minimum Gasteiger partial charge on any atom is -0.449 e. The van der Waals surface area contributed by atoms with Crippen LogP contribution in [0.4, 0.5) is 8.78 Å². The number of para-hydroxylation sites is 2. The van der Waals surface area contributed by atoms with Crippen molar-refractivity contribution < 1.29 is 17.6 Å². The molecule has 4 heterocycles. The van der Waals surface area contributed by atoms with E-state index < -0.39 is 11.6 Å². The van der Waals surface area contributed by atoms with Crippen molar-refractivity contribution in [1.29, 1.82) is 0 Å². The summed E-state index contributed by atoms with van der Waals surface area (Å²) in [6.07, 6.45) is 0. The van der Waals surface area contributed by atoms with Gasteiger partial charge in [-0.25, -0.2) is 8.78 Å². The first-order valence-corrected chi connectivity index (χ1v) is 15.0. The van der Waals surface area contributed by atoms with Crippen LogP contribution in [0.5, 0.6) is 0 Å². The van der Waals surface area contributed by atoms with Gasteiger partial charge in [0.05, 0.1) is 32.8 Å². The number of benzene rings is 5. The second-order valence-electron chi connectivity index (χ2n) is 14.1. The fraction of sp³-hybridized carbons (Fsp3) is 0.211. The summed E-state index contributed by atoms with van der Waals surface area (Å²) in [5.74, 6) is -0.858. The van der Waals surface area contributed by atoms with E-state index in [-0.39, 0.29) is 22.0 Å². The number of nitrogens with zero attached hydrogens (tertiary/aromatic N) is 2. The maximum Gasteiger partial charge on any atom is 0.187 e. The Morgan fingerprint density at radius 1 is 0.500 bits per heavy atom.